The molecule has 0 aromatic heterocycles. The van der Waals surface area contributed by atoms with E-state index in [-0.39, 0.29) is 17.5 Å². The molecule has 0 aliphatic carbocycles. The Morgan fingerprint density at radius 1 is 1.27 bits per heavy atom. The van der Waals surface area contributed by atoms with Gasteiger partial charge in [-0.2, -0.15) is 0 Å². The highest BCUT2D eigenvalue weighted by Gasteiger charge is 2.29. The molecule has 0 fully saturated rings. The average Bonchev–Trinajstić information content (AvgIpc) is 2.55. The second-order valence-corrected chi connectivity index (χ2v) is 5.47. The van der Waals surface area contributed by atoms with E-state index >= 15 is 0 Å². The Balaban J connectivity index is 1.94. The van der Waals surface area contributed by atoms with Gasteiger partial charge in [0.25, 0.3) is 5.91 Å². The number of rotatable bonds is 2. The van der Waals surface area contributed by atoms with Crippen LogP contribution in [0.2, 0.25) is 0 Å². The van der Waals surface area contributed by atoms with Crippen LogP contribution in [0.25, 0.3) is 0 Å². The number of methoxy groups -OCH3 is 1. The second-order valence-electron chi connectivity index (χ2n) is 5.47. The van der Waals surface area contributed by atoms with Crippen LogP contribution < -0.4 is 4.74 Å². The fourth-order valence-electron chi connectivity index (χ4n) is 2.99. The molecule has 3 rings (SSSR count). The lowest BCUT2D eigenvalue weighted by Crippen LogP contribution is -2.39. The molecule has 22 heavy (non-hydrogen) atoms. The van der Waals surface area contributed by atoms with Gasteiger partial charge in [0.2, 0.25) is 0 Å². The molecule has 2 aromatic carbocycles. The lowest BCUT2D eigenvalue weighted by atomic mass is 9.92. The summed E-state index contributed by atoms with van der Waals surface area (Å²) in [4.78, 5) is 14.4. The Morgan fingerprint density at radius 3 is 2.77 bits per heavy atom. The number of hydrogen-bond acceptors (Lipinski definition) is 2. The SMILES string of the molecule is COc1ccc2c(c1)C(C)N(C(=O)c1ccccc1F)CC2. The number of benzene rings is 2. The zero-order valence-electron chi connectivity index (χ0n) is 12.7. The van der Waals surface area contributed by atoms with Crippen LogP contribution >= 0.6 is 0 Å². The van der Waals surface area contributed by atoms with Crippen molar-refractivity contribution in [1.82, 2.24) is 4.90 Å². The molecule has 0 spiro atoms. The topological polar surface area (TPSA) is 29.5 Å². The molecule has 4 heteroatoms. The van der Waals surface area contributed by atoms with Crippen LogP contribution in [0.3, 0.4) is 0 Å². The summed E-state index contributed by atoms with van der Waals surface area (Å²) >= 11 is 0. The van der Waals surface area contributed by atoms with Crippen molar-refractivity contribution in [1.29, 1.82) is 0 Å². The van der Waals surface area contributed by atoms with E-state index in [0.29, 0.717) is 6.54 Å². The largest absolute Gasteiger partial charge is 0.497 e. The zero-order chi connectivity index (χ0) is 15.7. The Morgan fingerprint density at radius 2 is 2.05 bits per heavy atom. The van der Waals surface area contributed by atoms with Crippen molar-refractivity contribution in [2.75, 3.05) is 13.7 Å². The highest BCUT2D eigenvalue weighted by atomic mass is 19.1. The van der Waals surface area contributed by atoms with Crippen LogP contribution in [-0.4, -0.2) is 24.5 Å². The molecule has 0 N–H and O–H groups in total. The molecule has 1 aliphatic rings. The van der Waals surface area contributed by atoms with Gasteiger partial charge in [-0.1, -0.05) is 18.2 Å². The molecule has 2 aromatic rings. The first kappa shape index (κ1) is 14.6. The number of ether oxygens (including phenoxy) is 1. The molecule has 114 valence electrons. The van der Waals surface area contributed by atoms with E-state index in [1.807, 2.05) is 25.1 Å². The molecule has 3 nitrogen and oxygen atoms in total. The monoisotopic (exact) mass is 299 g/mol. The van der Waals surface area contributed by atoms with Crippen LogP contribution in [-0.2, 0) is 6.42 Å². The minimum atomic E-state index is -0.476. The number of carbonyl (C=O) groups excluding carboxylic acids is 1. The molecule has 0 radical (unpaired) electrons. The molecule has 0 saturated carbocycles. The van der Waals surface area contributed by atoms with Crippen LogP contribution in [0.15, 0.2) is 42.5 Å². The standard InChI is InChI=1S/C18H18FNO2/c1-12-16-11-14(22-2)8-7-13(16)9-10-20(12)18(21)15-5-3-4-6-17(15)19/h3-8,11-12H,9-10H2,1-2H3. The summed E-state index contributed by atoms with van der Waals surface area (Å²) in [7, 11) is 1.62. The quantitative estimate of drug-likeness (QED) is 0.848. The summed E-state index contributed by atoms with van der Waals surface area (Å²) in [5.41, 5.74) is 2.40. The molecule has 1 heterocycles. The third-order valence-electron chi connectivity index (χ3n) is 4.26. The first-order valence-electron chi connectivity index (χ1n) is 7.34. The van der Waals surface area contributed by atoms with Gasteiger partial charge in [-0.3, -0.25) is 4.79 Å². The zero-order valence-corrected chi connectivity index (χ0v) is 12.7. The van der Waals surface area contributed by atoms with Gasteiger partial charge in [-0.05, 0) is 48.7 Å². The smallest absolute Gasteiger partial charge is 0.257 e. The molecule has 0 saturated heterocycles. The number of nitrogens with zero attached hydrogens (tertiary/aromatic N) is 1. The summed E-state index contributed by atoms with van der Waals surface area (Å²) in [6, 6.07) is 11.9. The van der Waals surface area contributed by atoms with Gasteiger partial charge in [0.1, 0.15) is 11.6 Å². The van der Waals surface area contributed by atoms with Crippen LogP contribution in [0.1, 0.15) is 34.5 Å². The first-order chi connectivity index (χ1) is 10.6. The minimum absolute atomic E-state index is 0.106. The molecule has 1 aliphatic heterocycles. The van der Waals surface area contributed by atoms with E-state index in [1.54, 1.807) is 24.1 Å². The normalized spacial score (nSPS) is 17.0. The van der Waals surface area contributed by atoms with Gasteiger partial charge in [-0.15, -0.1) is 0 Å². The van der Waals surface area contributed by atoms with Gasteiger partial charge in [0, 0.05) is 6.54 Å². The molecule has 1 atom stereocenters. The predicted octanol–water partition coefficient (Wildman–Crippen LogP) is 3.59. The Hall–Kier alpha value is -2.36. The highest BCUT2D eigenvalue weighted by Crippen LogP contribution is 2.33. The maximum Gasteiger partial charge on any atom is 0.257 e. The third kappa shape index (κ3) is 2.45. The van der Waals surface area contributed by atoms with E-state index in [2.05, 4.69) is 0 Å². The second kappa shape index (κ2) is 5.79. The van der Waals surface area contributed by atoms with Crippen molar-refractivity contribution in [3.63, 3.8) is 0 Å². The molecule has 1 unspecified atom stereocenters. The third-order valence-corrected chi connectivity index (χ3v) is 4.26. The first-order valence-corrected chi connectivity index (χ1v) is 7.34. The molecular formula is C18H18FNO2. The Kier molecular flexibility index (Phi) is 3.84. The van der Waals surface area contributed by atoms with Crippen molar-refractivity contribution in [2.24, 2.45) is 0 Å². The fraction of sp³-hybridized carbons (Fsp3) is 0.278. The van der Waals surface area contributed by atoms with E-state index in [0.717, 1.165) is 17.7 Å². The van der Waals surface area contributed by atoms with Crippen molar-refractivity contribution < 1.29 is 13.9 Å². The number of amides is 1. The van der Waals surface area contributed by atoms with E-state index in [4.69, 9.17) is 4.74 Å². The fourth-order valence-corrected chi connectivity index (χ4v) is 2.99. The number of hydrogen-bond donors (Lipinski definition) is 0. The van der Waals surface area contributed by atoms with Crippen molar-refractivity contribution >= 4 is 5.91 Å². The number of carbonyl (C=O) groups is 1. The van der Waals surface area contributed by atoms with Crippen molar-refractivity contribution in [3.8, 4) is 5.75 Å². The number of halogens is 1. The van der Waals surface area contributed by atoms with Gasteiger partial charge < -0.3 is 9.64 Å². The molecule has 0 bridgehead atoms. The van der Waals surface area contributed by atoms with Crippen LogP contribution in [0.5, 0.6) is 5.75 Å². The molecule has 1 amide bonds. The van der Waals surface area contributed by atoms with Gasteiger partial charge in [0.15, 0.2) is 0 Å². The molecular weight excluding hydrogens is 281 g/mol. The van der Waals surface area contributed by atoms with Gasteiger partial charge in [0.05, 0.1) is 18.7 Å². The lowest BCUT2D eigenvalue weighted by molar-refractivity contribution is 0.0672. The number of fused-ring (bicyclic) bond motifs is 1. The van der Waals surface area contributed by atoms with Crippen LogP contribution in [0, 0.1) is 5.82 Å². The summed E-state index contributed by atoms with van der Waals surface area (Å²) in [6.07, 6.45) is 0.768. The predicted molar refractivity (Wildman–Crippen MR) is 82.5 cm³/mol. The van der Waals surface area contributed by atoms with E-state index in [1.165, 1.54) is 17.7 Å². The van der Waals surface area contributed by atoms with Gasteiger partial charge >= 0.3 is 0 Å². The summed E-state index contributed by atoms with van der Waals surface area (Å²) in [6.45, 7) is 2.56. The Bertz CT molecular complexity index is 714. The van der Waals surface area contributed by atoms with Crippen molar-refractivity contribution in [3.05, 3.63) is 65.0 Å². The lowest BCUT2D eigenvalue weighted by Gasteiger charge is -2.35. The summed E-state index contributed by atoms with van der Waals surface area (Å²) in [5.74, 6) is 0.0287. The maximum absolute atomic E-state index is 13.9. The van der Waals surface area contributed by atoms with Crippen molar-refractivity contribution in [2.45, 2.75) is 19.4 Å². The highest BCUT2D eigenvalue weighted by molar-refractivity contribution is 5.95. The Labute approximate surface area is 129 Å². The average molecular weight is 299 g/mol. The summed E-state index contributed by atoms with van der Waals surface area (Å²) < 4.78 is 19.1. The van der Waals surface area contributed by atoms with E-state index < -0.39 is 5.82 Å². The van der Waals surface area contributed by atoms with Gasteiger partial charge in [-0.25, -0.2) is 4.39 Å². The van der Waals surface area contributed by atoms with E-state index in [9.17, 15) is 9.18 Å². The van der Waals surface area contributed by atoms with Crippen LogP contribution in [0.4, 0.5) is 4.39 Å². The minimum Gasteiger partial charge on any atom is -0.497 e. The summed E-state index contributed by atoms with van der Waals surface area (Å²) in [5, 5.41) is 0. The maximum atomic E-state index is 13.9.